The van der Waals surface area contributed by atoms with Crippen LogP contribution in [-0.2, 0) is 9.47 Å². The summed E-state index contributed by atoms with van der Waals surface area (Å²) in [6.45, 7) is 6.21. The first-order valence-electron chi connectivity index (χ1n) is 7.33. The topological polar surface area (TPSA) is 30.5 Å². The minimum absolute atomic E-state index is 0.531. The second-order valence-corrected chi connectivity index (χ2v) is 5.40. The van der Waals surface area contributed by atoms with Gasteiger partial charge in [0.05, 0.1) is 12.7 Å². The van der Waals surface area contributed by atoms with Crippen LogP contribution in [0.2, 0.25) is 0 Å². The molecule has 0 aromatic rings. The summed E-state index contributed by atoms with van der Waals surface area (Å²) in [5.41, 5.74) is 0. The summed E-state index contributed by atoms with van der Waals surface area (Å²) in [5.74, 6) is 0.694. The zero-order chi connectivity index (χ0) is 11.9. The average Bonchev–Trinajstić information content (AvgIpc) is 2.88. The van der Waals surface area contributed by atoms with Crippen LogP contribution >= 0.6 is 0 Å². The molecular weight excluding hydrogens is 214 g/mol. The van der Waals surface area contributed by atoms with Crippen LogP contribution in [0.15, 0.2) is 0 Å². The summed E-state index contributed by atoms with van der Waals surface area (Å²) in [6, 6.07) is 0.671. The van der Waals surface area contributed by atoms with Gasteiger partial charge in [-0.05, 0) is 51.0 Å². The quantitative estimate of drug-likeness (QED) is 0.774. The highest BCUT2D eigenvalue weighted by Gasteiger charge is 2.26. The molecular formula is C14H27NO2. The van der Waals surface area contributed by atoms with Crippen molar-refractivity contribution in [3.05, 3.63) is 0 Å². The molecule has 2 heterocycles. The van der Waals surface area contributed by atoms with E-state index in [9.17, 15) is 0 Å². The largest absolute Gasteiger partial charge is 0.381 e. The highest BCUT2D eigenvalue weighted by molar-refractivity contribution is 4.81. The number of hydrogen-bond donors (Lipinski definition) is 1. The van der Waals surface area contributed by atoms with E-state index in [1.54, 1.807) is 0 Å². The Balaban J connectivity index is 1.71. The molecule has 0 amide bonds. The number of nitrogens with one attached hydrogen (secondary N) is 1. The molecule has 17 heavy (non-hydrogen) atoms. The van der Waals surface area contributed by atoms with Gasteiger partial charge in [-0.2, -0.15) is 0 Å². The molecule has 2 aliphatic heterocycles. The average molecular weight is 241 g/mol. The van der Waals surface area contributed by atoms with Crippen LogP contribution in [0.5, 0.6) is 0 Å². The van der Waals surface area contributed by atoms with Gasteiger partial charge in [-0.3, -0.25) is 0 Å². The van der Waals surface area contributed by atoms with Crippen molar-refractivity contribution in [2.24, 2.45) is 5.92 Å². The van der Waals surface area contributed by atoms with Gasteiger partial charge in [0.15, 0.2) is 0 Å². The van der Waals surface area contributed by atoms with E-state index >= 15 is 0 Å². The zero-order valence-corrected chi connectivity index (χ0v) is 11.1. The summed E-state index contributed by atoms with van der Waals surface area (Å²) in [6.07, 6.45) is 7.92. The molecule has 0 saturated carbocycles. The first kappa shape index (κ1) is 13.3. The van der Waals surface area contributed by atoms with Gasteiger partial charge in [0.2, 0.25) is 0 Å². The van der Waals surface area contributed by atoms with Gasteiger partial charge in [0.1, 0.15) is 0 Å². The molecule has 3 nitrogen and oxygen atoms in total. The van der Waals surface area contributed by atoms with E-state index in [2.05, 4.69) is 12.2 Å². The molecule has 0 aliphatic carbocycles. The van der Waals surface area contributed by atoms with Gasteiger partial charge in [-0.15, -0.1) is 0 Å². The second-order valence-electron chi connectivity index (χ2n) is 5.40. The minimum Gasteiger partial charge on any atom is -0.381 e. The van der Waals surface area contributed by atoms with Crippen LogP contribution in [0.4, 0.5) is 0 Å². The third-order valence-electron chi connectivity index (χ3n) is 4.01. The van der Waals surface area contributed by atoms with Gasteiger partial charge >= 0.3 is 0 Å². The van der Waals surface area contributed by atoms with E-state index in [1.165, 1.54) is 38.5 Å². The fourth-order valence-electron chi connectivity index (χ4n) is 2.95. The normalized spacial score (nSPS) is 34.1. The maximum atomic E-state index is 5.70. The Hall–Kier alpha value is -0.120. The van der Waals surface area contributed by atoms with Gasteiger partial charge < -0.3 is 14.8 Å². The Morgan fingerprint density at radius 2 is 2.12 bits per heavy atom. The van der Waals surface area contributed by atoms with Crippen LogP contribution in [0, 0.1) is 5.92 Å². The van der Waals surface area contributed by atoms with Crippen molar-refractivity contribution < 1.29 is 9.47 Å². The first-order valence-corrected chi connectivity index (χ1v) is 7.33. The lowest BCUT2D eigenvalue weighted by Crippen LogP contribution is -2.43. The minimum atomic E-state index is 0.531. The molecule has 2 saturated heterocycles. The molecule has 2 aliphatic rings. The molecule has 3 atom stereocenters. The Morgan fingerprint density at radius 1 is 1.18 bits per heavy atom. The van der Waals surface area contributed by atoms with Crippen LogP contribution in [-0.4, -0.2) is 38.5 Å². The monoisotopic (exact) mass is 241 g/mol. The van der Waals surface area contributed by atoms with Gasteiger partial charge in [-0.25, -0.2) is 0 Å². The van der Waals surface area contributed by atoms with Crippen molar-refractivity contribution in [2.75, 3.05) is 26.4 Å². The smallest absolute Gasteiger partial charge is 0.0576 e. The lowest BCUT2D eigenvalue weighted by molar-refractivity contribution is 0.0196. The van der Waals surface area contributed by atoms with Crippen molar-refractivity contribution in [2.45, 2.75) is 57.6 Å². The SMILES string of the molecule is CCCNC1CCOCC1CCC1CCCO1. The molecule has 2 rings (SSSR count). The van der Waals surface area contributed by atoms with E-state index in [1.807, 2.05) is 0 Å². The van der Waals surface area contributed by atoms with Crippen LogP contribution < -0.4 is 5.32 Å². The standard InChI is InChI=1S/C14H27NO2/c1-2-8-15-14-7-10-16-11-12(14)5-6-13-4-3-9-17-13/h12-15H,2-11H2,1H3. The fraction of sp³-hybridized carbons (Fsp3) is 1.00. The Morgan fingerprint density at radius 3 is 2.88 bits per heavy atom. The number of rotatable bonds is 6. The highest BCUT2D eigenvalue weighted by Crippen LogP contribution is 2.24. The molecule has 2 fully saturated rings. The fourth-order valence-corrected chi connectivity index (χ4v) is 2.95. The first-order chi connectivity index (χ1) is 8.40. The number of ether oxygens (including phenoxy) is 2. The summed E-state index contributed by atoms with van der Waals surface area (Å²) < 4.78 is 11.3. The van der Waals surface area contributed by atoms with Crippen molar-refractivity contribution in [3.63, 3.8) is 0 Å². The third kappa shape index (κ3) is 4.23. The molecule has 3 heteroatoms. The summed E-state index contributed by atoms with van der Waals surface area (Å²) in [7, 11) is 0. The van der Waals surface area contributed by atoms with Gasteiger partial charge in [-0.1, -0.05) is 6.92 Å². The molecule has 0 bridgehead atoms. The third-order valence-corrected chi connectivity index (χ3v) is 4.01. The van der Waals surface area contributed by atoms with Gasteiger partial charge in [0, 0.05) is 19.3 Å². The van der Waals surface area contributed by atoms with Crippen molar-refractivity contribution in [1.82, 2.24) is 5.32 Å². The molecule has 3 unspecified atom stereocenters. The molecule has 0 aromatic carbocycles. The van der Waals surface area contributed by atoms with Crippen molar-refractivity contribution in [1.29, 1.82) is 0 Å². The summed E-state index contributed by atoms with van der Waals surface area (Å²) in [5, 5.41) is 3.68. The maximum Gasteiger partial charge on any atom is 0.0576 e. The van der Waals surface area contributed by atoms with E-state index in [0.717, 1.165) is 26.4 Å². The van der Waals surface area contributed by atoms with E-state index in [4.69, 9.17) is 9.47 Å². The molecule has 0 radical (unpaired) electrons. The van der Waals surface area contributed by atoms with Gasteiger partial charge in [0.25, 0.3) is 0 Å². The van der Waals surface area contributed by atoms with E-state index < -0.39 is 0 Å². The predicted molar refractivity (Wildman–Crippen MR) is 69.2 cm³/mol. The molecule has 0 aromatic heterocycles. The second kappa shape index (κ2) is 7.34. The van der Waals surface area contributed by atoms with Crippen molar-refractivity contribution >= 4 is 0 Å². The highest BCUT2D eigenvalue weighted by atomic mass is 16.5. The molecule has 1 N–H and O–H groups in total. The molecule has 100 valence electrons. The zero-order valence-electron chi connectivity index (χ0n) is 11.1. The predicted octanol–water partition coefficient (Wildman–Crippen LogP) is 2.35. The Bertz CT molecular complexity index is 204. The lowest BCUT2D eigenvalue weighted by Gasteiger charge is -2.33. The molecule has 0 spiro atoms. The summed E-state index contributed by atoms with van der Waals surface area (Å²) in [4.78, 5) is 0. The van der Waals surface area contributed by atoms with E-state index in [-0.39, 0.29) is 0 Å². The van der Waals surface area contributed by atoms with Crippen molar-refractivity contribution in [3.8, 4) is 0 Å². The van der Waals surface area contributed by atoms with Crippen LogP contribution in [0.1, 0.15) is 45.4 Å². The van der Waals surface area contributed by atoms with Crippen LogP contribution in [0.25, 0.3) is 0 Å². The lowest BCUT2D eigenvalue weighted by atomic mass is 9.90. The van der Waals surface area contributed by atoms with E-state index in [0.29, 0.717) is 18.1 Å². The Kier molecular flexibility index (Phi) is 5.75. The number of hydrogen-bond acceptors (Lipinski definition) is 3. The maximum absolute atomic E-state index is 5.70. The Labute approximate surface area is 105 Å². The summed E-state index contributed by atoms with van der Waals surface area (Å²) >= 11 is 0. The van der Waals surface area contributed by atoms with Crippen LogP contribution in [0.3, 0.4) is 0 Å².